The predicted molar refractivity (Wildman–Crippen MR) is 73.4 cm³/mol. The van der Waals surface area contributed by atoms with Gasteiger partial charge < -0.3 is 15.3 Å². The fraction of sp³-hybridized carbons (Fsp3) is 0.857. The molecule has 2 N–H and O–H groups in total. The molecule has 5 heteroatoms. The molecule has 0 spiro atoms. The minimum atomic E-state index is -0.881. The summed E-state index contributed by atoms with van der Waals surface area (Å²) in [6.07, 6.45) is 1.86. The fourth-order valence-corrected chi connectivity index (χ4v) is 2.15. The van der Waals surface area contributed by atoms with Crippen molar-refractivity contribution in [2.24, 2.45) is 11.8 Å². The molecule has 0 aliphatic carbocycles. The number of likely N-dealkylation sites (tertiary alicyclic amines) is 1. The van der Waals surface area contributed by atoms with Crippen LogP contribution in [0.25, 0.3) is 0 Å². The Kier molecular flexibility index (Phi) is 5.35. The highest BCUT2D eigenvalue weighted by Crippen LogP contribution is 2.18. The number of carbonyl (C=O) groups is 2. The van der Waals surface area contributed by atoms with Gasteiger partial charge in [0.15, 0.2) is 0 Å². The van der Waals surface area contributed by atoms with Gasteiger partial charge in [-0.05, 0) is 25.7 Å². The second-order valence-electron chi connectivity index (χ2n) is 6.32. The van der Waals surface area contributed by atoms with Crippen molar-refractivity contribution in [3.8, 4) is 0 Å². The maximum absolute atomic E-state index is 11.9. The first kappa shape index (κ1) is 16.0. The number of hydrogen-bond donors (Lipinski definition) is 2. The summed E-state index contributed by atoms with van der Waals surface area (Å²) in [5.41, 5.74) is -0.881. The number of nitrogens with zero attached hydrogens (tertiary/aromatic N) is 1. The largest absolute Gasteiger partial charge is 0.388 e. The summed E-state index contributed by atoms with van der Waals surface area (Å²) in [7, 11) is 1.70. The Morgan fingerprint density at radius 3 is 2.68 bits per heavy atom. The van der Waals surface area contributed by atoms with Gasteiger partial charge in [-0.1, -0.05) is 13.8 Å². The van der Waals surface area contributed by atoms with Crippen LogP contribution in [-0.4, -0.2) is 47.6 Å². The van der Waals surface area contributed by atoms with Gasteiger partial charge in [0.25, 0.3) is 0 Å². The lowest BCUT2D eigenvalue weighted by atomic mass is 9.95. The summed E-state index contributed by atoms with van der Waals surface area (Å²) in [5.74, 6) is 0.121. The fourth-order valence-electron chi connectivity index (χ4n) is 2.15. The van der Waals surface area contributed by atoms with Crippen molar-refractivity contribution in [1.82, 2.24) is 10.2 Å². The highest BCUT2D eigenvalue weighted by atomic mass is 16.3. The number of rotatable bonds is 6. The molecule has 5 nitrogen and oxygen atoms in total. The van der Waals surface area contributed by atoms with Crippen molar-refractivity contribution in [2.45, 2.75) is 45.6 Å². The zero-order valence-corrected chi connectivity index (χ0v) is 12.4. The molecule has 2 atom stereocenters. The van der Waals surface area contributed by atoms with Crippen molar-refractivity contribution >= 4 is 11.8 Å². The van der Waals surface area contributed by atoms with Crippen LogP contribution < -0.4 is 5.32 Å². The van der Waals surface area contributed by atoms with Crippen LogP contribution in [-0.2, 0) is 9.59 Å². The minimum Gasteiger partial charge on any atom is -0.388 e. The SMILES string of the molecule is CC(C)CCC(C)(O)CNC(=O)C1CC(=O)N(C)C1. The Morgan fingerprint density at radius 2 is 2.21 bits per heavy atom. The zero-order chi connectivity index (χ0) is 14.6. The molecule has 0 radical (unpaired) electrons. The molecule has 0 aromatic heterocycles. The van der Waals surface area contributed by atoms with Gasteiger partial charge in [0, 0.05) is 26.6 Å². The van der Waals surface area contributed by atoms with E-state index in [9.17, 15) is 14.7 Å². The topological polar surface area (TPSA) is 69.6 Å². The Hall–Kier alpha value is -1.10. The number of aliphatic hydroxyl groups is 1. The molecular formula is C14H26N2O3. The summed E-state index contributed by atoms with van der Waals surface area (Å²) < 4.78 is 0. The van der Waals surface area contributed by atoms with Gasteiger partial charge in [0.2, 0.25) is 11.8 Å². The molecular weight excluding hydrogens is 244 g/mol. The van der Waals surface area contributed by atoms with E-state index in [0.717, 1.165) is 6.42 Å². The molecule has 1 aliphatic heterocycles. The van der Waals surface area contributed by atoms with E-state index >= 15 is 0 Å². The first-order chi connectivity index (χ1) is 8.71. The van der Waals surface area contributed by atoms with Gasteiger partial charge in [-0.2, -0.15) is 0 Å². The van der Waals surface area contributed by atoms with Gasteiger partial charge in [-0.3, -0.25) is 9.59 Å². The van der Waals surface area contributed by atoms with E-state index in [4.69, 9.17) is 0 Å². The van der Waals surface area contributed by atoms with Crippen LogP contribution in [0.2, 0.25) is 0 Å². The number of carbonyl (C=O) groups excluding carboxylic acids is 2. The van der Waals surface area contributed by atoms with Crippen LogP contribution >= 0.6 is 0 Å². The van der Waals surface area contributed by atoms with E-state index in [1.54, 1.807) is 18.9 Å². The normalized spacial score (nSPS) is 22.7. The summed E-state index contributed by atoms with van der Waals surface area (Å²) >= 11 is 0. The first-order valence-corrected chi connectivity index (χ1v) is 6.95. The van der Waals surface area contributed by atoms with E-state index in [-0.39, 0.29) is 30.7 Å². The van der Waals surface area contributed by atoms with E-state index in [0.29, 0.717) is 18.9 Å². The van der Waals surface area contributed by atoms with Crippen molar-refractivity contribution in [3.05, 3.63) is 0 Å². The Bertz CT molecular complexity index is 340. The molecule has 1 heterocycles. The maximum Gasteiger partial charge on any atom is 0.225 e. The lowest BCUT2D eigenvalue weighted by Gasteiger charge is -2.25. The molecule has 1 aliphatic rings. The Labute approximate surface area is 115 Å². The number of amides is 2. The summed E-state index contributed by atoms with van der Waals surface area (Å²) in [5, 5.41) is 12.9. The van der Waals surface area contributed by atoms with E-state index in [1.165, 1.54) is 0 Å². The maximum atomic E-state index is 11.9. The molecule has 0 saturated carbocycles. The van der Waals surface area contributed by atoms with Crippen molar-refractivity contribution in [1.29, 1.82) is 0 Å². The molecule has 1 saturated heterocycles. The third-order valence-electron chi connectivity index (χ3n) is 3.62. The quantitative estimate of drug-likeness (QED) is 0.749. The average Bonchev–Trinajstić information content (AvgIpc) is 2.64. The molecule has 0 aromatic rings. The lowest BCUT2D eigenvalue weighted by Crippen LogP contribution is -2.43. The molecule has 2 unspecified atom stereocenters. The molecule has 0 bridgehead atoms. The third-order valence-corrected chi connectivity index (χ3v) is 3.62. The Balaban J connectivity index is 2.35. The van der Waals surface area contributed by atoms with Gasteiger partial charge in [-0.15, -0.1) is 0 Å². The van der Waals surface area contributed by atoms with Crippen LogP contribution in [0, 0.1) is 11.8 Å². The molecule has 2 amide bonds. The zero-order valence-electron chi connectivity index (χ0n) is 12.4. The van der Waals surface area contributed by atoms with Gasteiger partial charge in [0.1, 0.15) is 0 Å². The van der Waals surface area contributed by atoms with Gasteiger partial charge in [-0.25, -0.2) is 0 Å². The average molecular weight is 270 g/mol. The van der Waals surface area contributed by atoms with Crippen LogP contribution in [0.5, 0.6) is 0 Å². The van der Waals surface area contributed by atoms with Gasteiger partial charge in [0.05, 0.1) is 11.5 Å². The van der Waals surface area contributed by atoms with Crippen molar-refractivity contribution < 1.29 is 14.7 Å². The monoisotopic (exact) mass is 270 g/mol. The van der Waals surface area contributed by atoms with E-state index < -0.39 is 5.60 Å². The summed E-state index contributed by atoms with van der Waals surface area (Å²) in [6.45, 7) is 6.66. The second kappa shape index (κ2) is 6.37. The first-order valence-electron chi connectivity index (χ1n) is 6.95. The van der Waals surface area contributed by atoms with Crippen LogP contribution in [0.1, 0.15) is 40.0 Å². The third kappa shape index (κ3) is 5.19. The predicted octanol–water partition coefficient (Wildman–Crippen LogP) is 0.768. The molecule has 110 valence electrons. The van der Waals surface area contributed by atoms with E-state index in [1.807, 2.05) is 0 Å². The summed E-state index contributed by atoms with van der Waals surface area (Å²) in [4.78, 5) is 24.9. The van der Waals surface area contributed by atoms with E-state index in [2.05, 4.69) is 19.2 Å². The molecule has 19 heavy (non-hydrogen) atoms. The van der Waals surface area contributed by atoms with Crippen LogP contribution in [0.3, 0.4) is 0 Å². The second-order valence-corrected chi connectivity index (χ2v) is 6.32. The number of nitrogens with one attached hydrogen (secondary N) is 1. The highest BCUT2D eigenvalue weighted by Gasteiger charge is 2.33. The molecule has 1 rings (SSSR count). The summed E-state index contributed by atoms with van der Waals surface area (Å²) in [6, 6.07) is 0. The Morgan fingerprint density at radius 1 is 1.58 bits per heavy atom. The minimum absolute atomic E-state index is 0.00622. The van der Waals surface area contributed by atoms with Crippen molar-refractivity contribution in [3.63, 3.8) is 0 Å². The highest BCUT2D eigenvalue weighted by molar-refractivity contribution is 5.89. The smallest absolute Gasteiger partial charge is 0.225 e. The lowest BCUT2D eigenvalue weighted by molar-refractivity contribution is -0.128. The number of hydrogen-bond acceptors (Lipinski definition) is 3. The standard InChI is InChI=1S/C14H26N2O3/c1-10(2)5-6-14(3,19)9-15-13(18)11-7-12(17)16(4)8-11/h10-11,19H,5-9H2,1-4H3,(H,15,18). The van der Waals surface area contributed by atoms with Crippen LogP contribution in [0.15, 0.2) is 0 Å². The molecule has 1 fully saturated rings. The van der Waals surface area contributed by atoms with Crippen molar-refractivity contribution in [2.75, 3.05) is 20.1 Å². The van der Waals surface area contributed by atoms with Gasteiger partial charge >= 0.3 is 0 Å². The molecule has 0 aromatic carbocycles. The van der Waals surface area contributed by atoms with Crippen LogP contribution in [0.4, 0.5) is 0 Å².